The molecule has 0 aromatic carbocycles. The molecule has 0 saturated carbocycles. The van der Waals surface area contributed by atoms with E-state index in [0.717, 1.165) is 6.42 Å². The molecule has 0 aliphatic rings. The summed E-state index contributed by atoms with van der Waals surface area (Å²) in [5, 5.41) is 0.0810. The van der Waals surface area contributed by atoms with Crippen molar-refractivity contribution >= 4 is 10.4 Å². The highest BCUT2D eigenvalue weighted by molar-refractivity contribution is 8.29. The molecular weight excluding hydrogens is 135 g/mol. The number of hydrogen-bond acceptors (Lipinski definition) is 0. The fraction of sp³-hybridized carbons (Fsp3) is 0.714. The van der Waals surface area contributed by atoms with E-state index in [1.165, 1.54) is 0 Å². The van der Waals surface area contributed by atoms with Crippen LogP contribution in [0.25, 0.3) is 0 Å². The largest absolute Gasteiger partial charge is 0.189 e. The Bertz CT molecular complexity index is 93.6. The van der Waals surface area contributed by atoms with Crippen molar-refractivity contribution in [3.8, 4) is 0 Å². The maximum absolute atomic E-state index is 13.1. The van der Waals surface area contributed by atoms with Crippen LogP contribution in [0.2, 0.25) is 0 Å². The fourth-order valence-corrected chi connectivity index (χ4v) is 2.04. The first-order valence-corrected chi connectivity index (χ1v) is 5.48. The third-order valence-corrected chi connectivity index (χ3v) is 3.35. The van der Waals surface area contributed by atoms with Crippen molar-refractivity contribution in [2.24, 2.45) is 0 Å². The highest BCUT2D eigenvalue weighted by atomic mass is 32.3. The first kappa shape index (κ1) is 9.02. The summed E-state index contributed by atoms with van der Waals surface area (Å²) in [6.45, 7) is 5.57. The summed E-state index contributed by atoms with van der Waals surface area (Å²) in [5.74, 6) is 0. The van der Waals surface area contributed by atoms with Crippen molar-refractivity contribution in [3.05, 3.63) is 12.7 Å². The zero-order valence-electron chi connectivity index (χ0n) is 6.36. The van der Waals surface area contributed by atoms with Crippen molar-refractivity contribution in [2.45, 2.75) is 18.6 Å². The molecule has 0 saturated heterocycles. The summed E-state index contributed by atoms with van der Waals surface area (Å²) in [5.41, 5.74) is 0. The third-order valence-electron chi connectivity index (χ3n) is 1.39. The standard InChI is InChI=1S/C7H15FS/c1-5-7(6-2)9(3,4)8/h5,7H,1,6H2,2-4H3. The van der Waals surface area contributed by atoms with E-state index < -0.39 is 10.4 Å². The molecule has 0 fully saturated rings. The molecule has 0 aliphatic heterocycles. The Morgan fingerprint density at radius 1 is 1.67 bits per heavy atom. The van der Waals surface area contributed by atoms with Gasteiger partial charge >= 0.3 is 0 Å². The highest BCUT2D eigenvalue weighted by Gasteiger charge is 2.18. The SMILES string of the molecule is C=CC(CC)S(C)(C)F. The normalized spacial score (nSPS) is 16.9. The first-order chi connectivity index (χ1) is 4.02. The number of halogens is 1. The van der Waals surface area contributed by atoms with Crippen LogP contribution in [-0.2, 0) is 0 Å². The molecule has 0 bridgehead atoms. The van der Waals surface area contributed by atoms with Crippen LogP contribution < -0.4 is 0 Å². The summed E-state index contributed by atoms with van der Waals surface area (Å²) in [7, 11) is -1.88. The van der Waals surface area contributed by atoms with Gasteiger partial charge in [0, 0.05) is 5.25 Å². The molecule has 0 radical (unpaired) electrons. The van der Waals surface area contributed by atoms with Crippen LogP contribution >= 0.6 is 10.4 Å². The lowest BCUT2D eigenvalue weighted by molar-refractivity contribution is 0.847. The van der Waals surface area contributed by atoms with Gasteiger partial charge in [0.05, 0.1) is 0 Å². The molecule has 1 unspecified atom stereocenters. The lowest BCUT2D eigenvalue weighted by Crippen LogP contribution is -2.07. The van der Waals surface area contributed by atoms with Gasteiger partial charge in [0.1, 0.15) is 0 Å². The van der Waals surface area contributed by atoms with Crippen molar-refractivity contribution in [1.82, 2.24) is 0 Å². The third kappa shape index (κ3) is 2.89. The minimum absolute atomic E-state index is 0.0810. The Hall–Kier alpha value is 0.0200. The highest BCUT2D eigenvalue weighted by Crippen LogP contribution is 2.48. The Morgan fingerprint density at radius 3 is 2.11 bits per heavy atom. The minimum Gasteiger partial charge on any atom is -0.189 e. The average Bonchev–Trinajstić information content (AvgIpc) is 1.65. The molecule has 0 spiro atoms. The van der Waals surface area contributed by atoms with Crippen molar-refractivity contribution < 1.29 is 3.89 Å². The molecular formula is C7H15FS. The Balaban J connectivity index is 3.94. The summed E-state index contributed by atoms with van der Waals surface area (Å²) in [4.78, 5) is 0. The molecule has 9 heavy (non-hydrogen) atoms. The summed E-state index contributed by atoms with van der Waals surface area (Å²) < 4.78 is 13.1. The van der Waals surface area contributed by atoms with Gasteiger partial charge < -0.3 is 0 Å². The second-order valence-electron chi connectivity index (χ2n) is 2.46. The second-order valence-corrected chi connectivity index (χ2v) is 5.62. The van der Waals surface area contributed by atoms with Gasteiger partial charge in [0.15, 0.2) is 0 Å². The Kier molecular flexibility index (Phi) is 3.26. The van der Waals surface area contributed by atoms with Crippen LogP contribution in [0, 0.1) is 0 Å². The van der Waals surface area contributed by atoms with Crippen LogP contribution in [0.1, 0.15) is 13.3 Å². The molecule has 0 nitrogen and oxygen atoms in total. The van der Waals surface area contributed by atoms with Crippen LogP contribution in [0.4, 0.5) is 3.89 Å². The molecule has 56 valence electrons. The zero-order chi connectivity index (χ0) is 7.49. The number of rotatable bonds is 3. The van der Waals surface area contributed by atoms with Gasteiger partial charge in [-0.1, -0.05) is 23.4 Å². The van der Waals surface area contributed by atoms with Crippen LogP contribution in [0.15, 0.2) is 12.7 Å². The molecule has 0 amide bonds. The lowest BCUT2D eigenvalue weighted by Gasteiger charge is -2.27. The van der Waals surface area contributed by atoms with Crippen LogP contribution in [-0.4, -0.2) is 17.8 Å². The van der Waals surface area contributed by atoms with E-state index in [0.29, 0.717) is 0 Å². The quantitative estimate of drug-likeness (QED) is 0.543. The smallest absolute Gasteiger partial charge is 0.0319 e. The van der Waals surface area contributed by atoms with E-state index >= 15 is 0 Å². The van der Waals surface area contributed by atoms with Gasteiger partial charge in [-0.15, -0.1) is 6.58 Å². The first-order valence-electron chi connectivity index (χ1n) is 3.06. The zero-order valence-corrected chi connectivity index (χ0v) is 7.17. The topological polar surface area (TPSA) is 0 Å². The van der Waals surface area contributed by atoms with E-state index in [1.54, 1.807) is 18.6 Å². The predicted molar refractivity (Wildman–Crippen MR) is 44.8 cm³/mol. The van der Waals surface area contributed by atoms with Gasteiger partial charge in [-0.3, -0.25) is 0 Å². The Labute approximate surface area is 58.8 Å². The van der Waals surface area contributed by atoms with Crippen LogP contribution in [0.3, 0.4) is 0 Å². The van der Waals surface area contributed by atoms with Crippen molar-refractivity contribution in [2.75, 3.05) is 12.5 Å². The van der Waals surface area contributed by atoms with Gasteiger partial charge in [0.25, 0.3) is 0 Å². The molecule has 0 N–H and O–H groups in total. The summed E-state index contributed by atoms with van der Waals surface area (Å²) >= 11 is 0. The lowest BCUT2D eigenvalue weighted by atomic mass is 10.3. The molecule has 0 heterocycles. The summed E-state index contributed by atoms with van der Waals surface area (Å²) in [6.07, 6.45) is 5.92. The molecule has 1 atom stereocenters. The van der Waals surface area contributed by atoms with Crippen molar-refractivity contribution in [3.63, 3.8) is 0 Å². The monoisotopic (exact) mass is 150 g/mol. The molecule has 2 heteroatoms. The maximum atomic E-state index is 13.1. The molecule has 0 aromatic heterocycles. The minimum atomic E-state index is -1.88. The number of hydrogen-bond donors (Lipinski definition) is 0. The van der Waals surface area contributed by atoms with Gasteiger partial charge in [-0.05, 0) is 18.9 Å². The average molecular weight is 150 g/mol. The predicted octanol–water partition coefficient (Wildman–Crippen LogP) is 2.90. The molecule has 0 aromatic rings. The fourth-order valence-electron chi connectivity index (χ4n) is 0.792. The van der Waals surface area contributed by atoms with Gasteiger partial charge in [0.2, 0.25) is 0 Å². The molecule has 0 rings (SSSR count). The van der Waals surface area contributed by atoms with E-state index in [9.17, 15) is 3.89 Å². The summed E-state index contributed by atoms with van der Waals surface area (Å²) in [6, 6.07) is 0. The van der Waals surface area contributed by atoms with E-state index in [4.69, 9.17) is 0 Å². The van der Waals surface area contributed by atoms with E-state index in [-0.39, 0.29) is 5.25 Å². The Morgan fingerprint density at radius 2 is 2.11 bits per heavy atom. The van der Waals surface area contributed by atoms with E-state index in [1.807, 2.05) is 6.92 Å². The van der Waals surface area contributed by atoms with E-state index in [2.05, 4.69) is 6.58 Å². The molecule has 0 aliphatic carbocycles. The second kappa shape index (κ2) is 3.25. The van der Waals surface area contributed by atoms with Crippen molar-refractivity contribution in [1.29, 1.82) is 0 Å². The maximum Gasteiger partial charge on any atom is 0.0319 e. The van der Waals surface area contributed by atoms with Gasteiger partial charge in [-0.25, -0.2) is 0 Å². The van der Waals surface area contributed by atoms with Crippen LogP contribution in [0.5, 0.6) is 0 Å². The van der Waals surface area contributed by atoms with Gasteiger partial charge in [-0.2, -0.15) is 3.89 Å².